The van der Waals surface area contributed by atoms with Crippen LogP contribution in [0.5, 0.6) is 0 Å². The van der Waals surface area contributed by atoms with Gasteiger partial charge in [-0.05, 0) is 37.7 Å². The molecule has 0 saturated carbocycles. The van der Waals surface area contributed by atoms with Gasteiger partial charge < -0.3 is 20.5 Å². The van der Waals surface area contributed by atoms with Crippen molar-refractivity contribution in [1.82, 2.24) is 19.9 Å². The maximum absolute atomic E-state index is 13.1. The zero-order valence-electron chi connectivity index (χ0n) is 15.5. The molecule has 1 unspecified atom stereocenters. The summed E-state index contributed by atoms with van der Waals surface area (Å²) in [6, 6.07) is 2.51. The lowest BCUT2D eigenvalue weighted by Crippen LogP contribution is -2.50. The molecule has 0 bridgehead atoms. The van der Waals surface area contributed by atoms with Gasteiger partial charge in [0.25, 0.3) is 0 Å². The molecular formula is C17H21F3N6O2. The number of likely N-dealkylation sites (N-methyl/N-ethyl adjacent to an activating group) is 1. The molecule has 2 heterocycles. The molecule has 0 spiro atoms. The molecule has 1 atom stereocenters. The predicted octanol–water partition coefficient (Wildman–Crippen LogP) is 2.38. The molecular weight excluding hydrogens is 377 g/mol. The molecule has 3 N–H and O–H groups in total. The quantitative estimate of drug-likeness (QED) is 0.823. The molecule has 1 aliphatic rings. The van der Waals surface area contributed by atoms with Crippen molar-refractivity contribution in [2.45, 2.75) is 25.7 Å². The normalized spacial score (nSPS) is 18.4. The number of carbonyl (C=O) groups excluding carboxylic acids is 1. The molecule has 3 rings (SSSR count). The Morgan fingerprint density at radius 2 is 2.11 bits per heavy atom. The molecule has 0 aliphatic carbocycles. The number of halogens is 3. The number of aryl methyl sites for hydroxylation is 1. The lowest BCUT2D eigenvalue weighted by Gasteiger charge is -2.37. The highest BCUT2D eigenvalue weighted by molar-refractivity contribution is 5.89. The smallest absolute Gasteiger partial charge is 0.338 e. The monoisotopic (exact) mass is 398 g/mol. The average Bonchev–Trinajstić information content (AvgIpc) is 3.07. The minimum Gasteiger partial charge on any atom is -0.338 e. The Morgan fingerprint density at radius 3 is 2.71 bits per heavy atom. The number of hydrogen-bond acceptors (Lipinski definition) is 6. The van der Waals surface area contributed by atoms with Gasteiger partial charge in [0.15, 0.2) is 5.82 Å². The van der Waals surface area contributed by atoms with Gasteiger partial charge in [-0.1, -0.05) is 5.16 Å². The Labute approximate surface area is 159 Å². The van der Waals surface area contributed by atoms with Gasteiger partial charge in [0.05, 0.1) is 5.56 Å². The standard InChI is InChI=1S/C17H21F3N6O2/c1-10-22-15(28-24-10)14-9-26(4-3-25(14)2)16(27)23-13-6-11(8-21)5-12(7-13)17(18,19)20/h5-7,14H,3-4,8-9,21H2,1-2H3,(H,23,27). The molecule has 152 valence electrons. The molecule has 1 aromatic carbocycles. The second-order valence-corrected chi connectivity index (χ2v) is 6.67. The first-order valence-corrected chi connectivity index (χ1v) is 8.65. The molecule has 0 radical (unpaired) electrons. The van der Waals surface area contributed by atoms with Crippen molar-refractivity contribution in [1.29, 1.82) is 0 Å². The molecule has 1 aromatic heterocycles. The van der Waals surface area contributed by atoms with Crippen LogP contribution >= 0.6 is 0 Å². The number of nitrogens with one attached hydrogen (secondary N) is 1. The van der Waals surface area contributed by atoms with Crippen molar-refractivity contribution in [3.05, 3.63) is 41.0 Å². The van der Waals surface area contributed by atoms with Gasteiger partial charge in [-0.15, -0.1) is 0 Å². The van der Waals surface area contributed by atoms with Gasteiger partial charge in [-0.3, -0.25) is 4.90 Å². The van der Waals surface area contributed by atoms with E-state index in [1.165, 1.54) is 11.0 Å². The minimum atomic E-state index is -4.53. The summed E-state index contributed by atoms with van der Waals surface area (Å²) in [6.45, 7) is 2.86. The Bertz CT molecular complexity index is 854. The second-order valence-electron chi connectivity index (χ2n) is 6.67. The summed E-state index contributed by atoms with van der Waals surface area (Å²) in [4.78, 5) is 20.3. The van der Waals surface area contributed by atoms with Crippen LogP contribution in [0.1, 0.15) is 28.9 Å². The van der Waals surface area contributed by atoms with Crippen molar-refractivity contribution >= 4 is 11.7 Å². The van der Waals surface area contributed by atoms with E-state index in [4.69, 9.17) is 10.3 Å². The third-order valence-electron chi connectivity index (χ3n) is 4.57. The maximum Gasteiger partial charge on any atom is 0.416 e. The van der Waals surface area contributed by atoms with Crippen molar-refractivity contribution in [3.8, 4) is 0 Å². The van der Waals surface area contributed by atoms with Gasteiger partial charge in [0.2, 0.25) is 5.89 Å². The first-order chi connectivity index (χ1) is 13.2. The largest absolute Gasteiger partial charge is 0.416 e. The molecule has 1 saturated heterocycles. The molecule has 1 aliphatic heterocycles. The second kappa shape index (κ2) is 7.76. The SMILES string of the molecule is Cc1noc(C2CN(C(=O)Nc3cc(CN)cc(C(F)(F)F)c3)CCN2C)n1. The number of benzene rings is 1. The van der Waals surface area contributed by atoms with Gasteiger partial charge in [0.1, 0.15) is 6.04 Å². The number of rotatable bonds is 3. The summed E-state index contributed by atoms with van der Waals surface area (Å²) in [7, 11) is 1.87. The van der Waals surface area contributed by atoms with Crippen LogP contribution in [0.2, 0.25) is 0 Å². The van der Waals surface area contributed by atoms with Crippen LogP contribution in [0.3, 0.4) is 0 Å². The first-order valence-electron chi connectivity index (χ1n) is 8.65. The number of amides is 2. The third kappa shape index (κ3) is 4.42. The Morgan fingerprint density at radius 1 is 1.36 bits per heavy atom. The van der Waals surface area contributed by atoms with E-state index in [0.717, 1.165) is 12.1 Å². The van der Waals surface area contributed by atoms with Crippen LogP contribution in [-0.2, 0) is 12.7 Å². The van der Waals surface area contributed by atoms with Crippen LogP contribution in [0.4, 0.5) is 23.7 Å². The minimum absolute atomic E-state index is 0.0457. The number of aromatic nitrogens is 2. The van der Waals surface area contributed by atoms with Gasteiger partial charge in [0, 0.05) is 31.9 Å². The summed E-state index contributed by atoms with van der Waals surface area (Å²) in [5.74, 6) is 0.880. The zero-order valence-corrected chi connectivity index (χ0v) is 15.5. The molecule has 2 aromatic rings. The Hall–Kier alpha value is -2.66. The van der Waals surface area contributed by atoms with Crippen LogP contribution < -0.4 is 11.1 Å². The van der Waals surface area contributed by atoms with Crippen molar-refractivity contribution in [3.63, 3.8) is 0 Å². The summed E-state index contributed by atoms with van der Waals surface area (Å²) in [5, 5.41) is 6.30. The fourth-order valence-corrected chi connectivity index (χ4v) is 3.02. The van der Waals surface area contributed by atoms with Crippen LogP contribution in [0, 0.1) is 6.92 Å². The summed E-state index contributed by atoms with van der Waals surface area (Å²) < 4.78 is 44.4. The highest BCUT2D eigenvalue weighted by Crippen LogP contribution is 2.32. The van der Waals surface area contributed by atoms with E-state index >= 15 is 0 Å². The summed E-state index contributed by atoms with van der Waals surface area (Å²) >= 11 is 0. The molecule has 28 heavy (non-hydrogen) atoms. The molecule has 2 amide bonds. The number of urea groups is 1. The average molecular weight is 398 g/mol. The van der Waals surface area contributed by atoms with E-state index in [1.54, 1.807) is 6.92 Å². The van der Waals surface area contributed by atoms with E-state index in [0.29, 0.717) is 24.8 Å². The maximum atomic E-state index is 13.1. The molecule has 11 heteroatoms. The number of nitrogens with zero attached hydrogens (tertiary/aromatic N) is 4. The number of carbonyl (C=O) groups is 1. The van der Waals surface area contributed by atoms with Gasteiger partial charge in [-0.2, -0.15) is 18.2 Å². The number of piperazine rings is 1. The van der Waals surface area contributed by atoms with Crippen LogP contribution in [0.25, 0.3) is 0 Å². The summed E-state index contributed by atoms with van der Waals surface area (Å²) in [5.41, 5.74) is 4.95. The van der Waals surface area contributed by atoms with E-state index in [1.807, 2.05) is 11.9 Å². The van der Waals surface area contributed by atoms with Crippen molar-refractivity contribution in [2.24, 2.45) is 5.73 Å². The zero-order chi connectivity index (χ0) is 20.5. The number of alkyl halides is 3. The Kier molecular flexibility index (Phi) is 5.57. The van der Waals surface area contributed by atoms with Crippen LogP contribution in [0.15, 0.2) is 22.7 Å². The molecule has 1 fully saturated rings. The van der Waals surface area contributed by atoms with Crippen molar-refractivity contribution in [2.75, 3.05) is 32.0 Å². The molecule has 8 nitrogen and oxygen atoms in total. The first kappa shape index (κ1) is 20.1. The Balaban J connectivity index is 1.75. The summed E-state index contributed by atoms with van der Waals surface area (Å²) in [6.07, 6.45) is -4.53. The van der Waals surface area contributed by atoms with Gasteiger partial charge in [-0.25, -0.2) is 4.79 Å². The fourth-order valence-electron chi connectivity index (χ4n) is 3.02. The fraction of sp³-hybridized carbons (Fsp3) is 0.471. The van der Waals surface area contributed by atoms with E-state index < -0.39 is 17.8 Å². The number of hydrogen-bond donors (Lipinski definition) is 2. The topological polar surface area (TPSA) is 101 Å². The lowest BCUT2D eigenvalue weighted by atomic mass is 10.1. The number of anilines is 1. The van der Waals surface area contributed by atoms with E-state index in [2.05, 4.69) is 15.5 Å². The predicted molar refractivity (Wildman–Crippen MR) is 94.3 cm³/mol. The lowest BCUT2D eigenvalue weighted by molar-refractivity contribution is -0.137. The van der Waals surface area contributed by atoms with Gasteiger partial charge >= 0.3 is 12.2 Å². The number of nitrogens with two attached hydrogens (primary N) is 1. The highest BCUT2D eigenvalue weighted by Gasteiger charge is 2.33. The van der Waals surface area contributed by atoms with E-state index in [-0.39, 0.29) is 30.4 Å². The highest BCUT2D eigenvalue weighted by atomic mass is 19.4. The van der Waals surface area contributed by atoms with Crippen LogP contribution in [-0.4, -0.2) is 52.7 Å². The van der Waals surface area contributed by atoms with Crippen molar-refractivity contribution < 1.29 is 22.5 Å². The van der Waals surface area contributed by atoms with E-state index in [9.17, 15) is 18.0 Å². The third-order valence-corrected chi connectivity index (χ3v) is 4.57.